The lowest BCUT2D eigenvalue weighted by molar-refractivity contribution is 0.382. The first kappa shape index (κ1) is 9.35. The highest BCUT2D eigenvalue weighted by Crippen LogP contribution is 1.91. The second kappa shape index (κ2) is 5.16. The van der Waals surface area contributed by atoms with E-state index < -0.39 is 0 Å². The molecule has 0 aliphatic rings. The van der Waals surface area contributed by atoms with Gasteiger partial charge >= 0.3 is 0 Å². The zero-order chi connectivity index (χ0) is 7.28. The van der Waals surface area contributed by atoms with Gasteiger partial charge in [-0.05, 0) is 6.04 Å². The average molecular weight is 163 g/mol. The zero-order valence-electron chi connectivity index (χ0n) is 6.85. The van der Waals surface area contributed by atoms with Gasteiger partial charge in [-0.2, -0.15) is 0 Å². The van der Waals surface area contributed by atoms with Crippen LogP contribution in [0.5, 0.6) is 0 Å². The van der Waals surface area contributed by atoms with Gasteiger partial charge in [0.1, 0.15) is 0 Å². The van der Waals surface area contributed by atoms with Crippen LogP contribution in [0, 0.1) is 0 Å². The fourth-order valence-corrected chi connectivity index (χ4v) is 3.41. The molecule has 0 saturated carbocycles. The van der Waals surface area contributed by atoms with Crippen molar-refractivity contribution in [1.82, 2.24) is 4.23 Å². The molecule has 0 aromatic rings. The smallest absolute Gasteiger partial charge is 0.231 e. The van der Waals surface area contributed by atoms with Gasteiger partial charge in [0, 0.05) is 7.11 Å². The molecule has 0 fully saturated rings. The predicted octanol–water partition coefficient (Wildman–Crippen LogP) is -0.526. The molecule has 56 valence electrons. The largest absolute Gasteiger partial charge is 0.412 e. The molecule has 0 heterocycles. The van der Waals surface area contributed by atoms with Crippen molar-refractivity contribution in [2.45, 2.75) is 26.4 Å². The maximum absolute atomic E-state index is 5.16. The van der Waals surface area contributed by atoms with Crippen LogP contribution in [0.15, 0.2) is 0 Å². The Bertz CT molecular complexity index is 70.0. The number of nitrogens with zero attached hydrogens (tertiary/aromatic N) is 1. The first-order chi connectivity index (χ1) is 4.22. The lowest BCUT2D eigenvalue weighted by atomic mass is 10.4. The summed E-state index contributed by atoms with van der Waals surface area (Å²) in [5, 5.41) is 0. The first-order valence-electron chi connectivity index (χ1n) is 3.45. The van der Waals surface area contributed by atoms with Crippen molar-refractivity contribution in [1.29, 1.82) is 0 Å². The van der Waals surface area contributed by atoms with Gasteiger partial charge in [0.15, 0.2) is 0 Å². The molecule has 2 nitrogen and oxygen atoms in total. The molecular formula is C5H17NOSi2. The van der Waals surface area contributed by atoms with Crippen LogP contribution in [0.3, 0.4) is 0 Å². The Morgan fingerprint density at radius 2 is 2.00 bits per heavy atom. The summed E-state index contributed by atoms with van der Waals surface area (Å²) in [5.74, 6) is 0. The van der Waals surface area contributed by atoms with Gasteiger partial charge in [-0.1, -0.05) is 20.4 Å². The highest BCUT2D eigenvalue weighted by molar-refractivity contribution is 6.45. The lowest BCUT2D eigenvalue weighted by Crippen LogP contribution is -2.37. The summed E-state index contributed by atoms with van der Waals surface area (Å²) in [6, 6.07) is 0.716. The van der Waals surface area contributed by atoms with Crippen molar-refractivity contribution in [2.24, 2.45) is 0 Å². The van der Waals surface area contributed by atoms with Gasteiger partial charge in [0.25, 0.3) is 0 Å². The Labute approximate surface area is 62.5 Å². The van der Waals surface area contributed by atoms with E-state index in [0.29, 0.717) is 6.04 Å². The van der Waals surface area contributed by atoms with Crippen LogP contribution in [0.1, 0.15) is 13.8 Å². The number of rotatable bonds is 4. The SMILES string of the molecule is CO[SiH2]N([SiH2]C)C(C)C. The van der Waals surface area contributed by atoms with Crippen molar-refractivity contribution >= 4 is 19.6 Å². The Hall–Kier alpha value is 0.354. The molecule has 0 saturated heterocycles. The van der Waals surface area contributed by atoms with E-state index in [9.17, 15) is 0 Å². The predicted molar refractivity (Wildman–Crippen MR) is 46.9 cm³/mol. The molecule has 0 aliphatic carbocycles. The molecule has 0 unspecified atom stereocenters. The van der Waals surface area contributed by atoms with Gasteiger partial charge in [-0.15, -0.1) is 0 Å². The van der Waals surface area contributed by atoms with Crippen molar-refractivity contribution in [3.63, 3.8) is 0 Å². The van der Waals surface area contributed by atoms with E-state index in [4.69, 9.17) is 4.43 Å². The second-order valence-corrected chi connectivity index (χ2v) is 6.40. The molecule has 0 spiro atoms. The van der Waals surface area contributed by atoms with E-state index in [-0.39, 0.29) is 19.6 Å². The monoisotopic (exact) mass is 163 g/mol. The highest BCUT2D eigenvalue weighted by Gasteiger charge is 2.04. The van der Waals surface area contributed by atoms with Crippen LogP contribution < -0.4 is 0 Å². The summed E-state index contributed by atoms with van der Waals surface area (Å²) in [6.45, 7) is 6.79. The van der Waals surface area contributed by atoms with E-state index in [1.54, 1.807) is 0 Å². The standard InChI is InChI=1S/C5H17NOSi2/c1-5(2)6(8-4)9-7-3/h5H,8-9H2,1-4H3. The highest BCUT2D eigenvalue weighted by atomic mass is 28.3. The van der Waals surface area contributed by atoms with Gasteiger partial charge in [-0.25, -0.2) is 0 Å². The zero-order valence-corrected chi connectivity index (χ0v) is 9.68. The third kappa shape index (κ3) is 3.85. The van der Waals surface area contributed by atoms with E-state index in [0.717, 1.165) is 0 Å². The Balaban J connectivity index is 3.41. The lowest BCUT2D eigenvalue weighted by Gasteiger charge is -2.22. The Morgan fingerprint density at radius 1 is 1.44 bits per heavy atom. The third-order valence-corrected chi connectivity index (χ3v) is 6.18. The normalized spacial score (nSPS) is 14.0. The van der Waals surface area contributed by atoms with E-state index in [1.165, 1.54) is 0 Å². The first-order valence-corrected chi connectivity index (χ1v) is 6.71. The minimum atomic E-state index is -0.317. The van der Waals surface area contributed by atoms with Gasteiger partial charge in [0.2, 0.25) is 9.92 Å². The quantitative estimate of drug-likeness (QED) is 0.517. The van der Waals surface area contributed by atoms with Crippen LogP contribution in [-0.2, 0) is 4.43 Å². The second-order valence-electron chi connectivity index (χ2n) is 2.42. The van der Waals surface area contributed by atoms with E-state index in [2.05, 4.69) is 24.6 Å². The maximum atomic E-state index is 5.16. The van der Waals surface area contributed by atoms with E-state index >= 15 is 0 Å². The average Bonchev–Trinajstić information content (AvgIpc) is 1.82. The summed E-state index contributed by atoms with van der Waals surface area (Å²) in [5.41, 5.74) is 0. The molecule has 0 aliphatic heterocycles. The van der Waals surface area contributed by atoms with Crippen LogP contribution in [-0.4, -0.2) is 37.0 Å². The minimum Gasteiger partial charge on any atom is -0.412 e. The molecule has 0 N–H and O–H groups in total. The fraction of sp³-hybridized carbons (Fsp3) is 1.00. The fourth-order valence-electron chi connectivity index (χ4n) is 0.771. The van der Waals surface area contributed by atoms with Crippen LogP contribution in [0.2, 0.25) is 6.55 Å². The van der Waals surface area contributed by atoms with Crippen LogP contribution in [0.4, 0.5) is 0 Å². The van der Waals surface area contributed by atoms with Crippen molar-refractivity contribution in [3.8, 4) is 0 Å². The van der Waals surface area contributed by atoms with E-state index in [1.807, 2.05) is 7.11 Å². The van der Waals surface area contributed by atoms with Gasteiger partial charge < -0.3 is 8.66 Å². The van der Waals surface area contributed by atoms with Crippen LogP contribution in [0.25, 0.3) is 0 Å². The summed E-state index contributed by atoms with van der Waals surface area (Å²) in [7, 11) is 1.53. The molecule has 0 radical (unpaired) electrons. The van der Waals surface area contributed by atoms with Gasteiger partial charge in [-0.3, -0.25) is 0 Å². The molecule has 0 rings (SSSR count). The third-order valence-electron chi connectivity index (χ3n) is 1.43. The topological polar surface area (TPSA) is 12.5 Å². The molecule has 0 bridgehead atoms. The molecule has 0 aromatic heterocycles. The maximum Gasteiger partial charge on any atom is 0.231 e. The summed E-state index contributed by atoms with van der Waals surface area (Å²) in [4.78, 5) is 0. The Morgan fingerprint density at radius 3 is 2.11 bits per heavy atom. The molecular weight excluding hydrogens is 146 g/mol. The Kier molecular flexibility index (Phi) is 5.37. The molecule has 9 heavy (non-hydrogen) atoms. The summed E-state index contributed by atoms with van der Waals surface area (Å²) >= 11 is 0. The van der Waals surface area contributed by atoms with Gasteiger partial charge in [0.05, 0.1) is 9.68 Å². The van der Waals surface area contributed by atoms with Crippen LogP contribution >= 0.6 is 0 Å². The van der Waals surface area contributed by atoms with Crippen molar-refractivity contribution in [3.05, 3.63) is 0 Å². The van der Waals surface area contributed by atoms with Crippen molar-refractivity contribution < 1.29 is 4.43 Å². The summed E-state index contributed by atoms with van der Waals surface area (Å²) < 4.78 is 7.68. The summed E-state index contributed by atoms with van der Waals surface area (Å²) in [6.07, 6.45) is 0. The molecule has 4 heteroatoms. The number of hydrogen-bond donors (Lipinski definition) is 0. The number of hydrogen-bond acceptors (Lipinski definition) is 2. The van der Waals surface area contributed by atoms with Crippen molar-refractivity contribution in [2.75, 3.05) is 7.11 Å². The molecule has 0 amide bonds. The molecule has 0 aromatic carbocycles. The molecule has 0 atom stereocenters. The minimum absolute atomic E-state index is 0.0396.